The third-order valence-corrected chi connectivity index (χ3v) is 2.86. The van der Waals surface area contributed by atoms with Gasteiger partial charge in [-0.15, -0.1) is 0 Å². The minimum atomic E-state index is -0.262. The highest BCUT2D eigenvalue weighted by atomic mass is 16.5. The van der Waals surface area contributed by atoms with Crippen LogP contribution in [0.15, 0.2) is 24.3 Å². The van der Waals surface area contributed by atoms with E-state index in [1.807, 2.05) is 6.92 Å². The summed E-state index contributed by atoms with van der Waals surface area (Å²) in [7, 11) is 0. The van der Waals surface area contributed by atoms with Gasteiger partial charge < -0.3 is 15.4 Å². The zero-order chi connectivity index (χ0) is 15.5. The smallest absolute Gasteiger partial charge is 0.251 e. The summed E-state index contributed by atoms with van der Waals surface area (Å²) in [6, 6.07) is 6.92. The van der Waals surface area contributed by atoms with Crippen LogP contribution in [0.4, 0.5) is 0 Å². The Morgan fingerprint density at radius 3 is 2.38 bits per heavy atom. The summed E-state index contributed by atoms with van der Waals surface area (Å²) in [4.78, 5) is 23.3. The maximum atomic E-state index is 11.9. The second kappa shape index (κ2) is 9.80. The van der Waals surface area contributed by atoms with E-state index in [4.69, 9.17) is 4.74 Å². The molecule has 1 aromatic carbocycles. The van der Waals surface area contributed by atoms with Gasteiger partial charge in [0.25, 0.3) is 5.91 Å². The summed E-state index contributed by atoms with van der Waals surface area (Å²) < 4.78 is 5.53. The Hall–Kier alpha value is -2.04. The monoisotopic (exact) mass is 292 g/mol. The number of amides is 2. The highest BCUT2D eigenvalue weighted by Crippen LogP contribution is 2.12. The van der Waals surface area contributed by atoms with Gasteiger partial charge in [0.1, 0.15) is 5.75 Å². The van der Waals surface area contributed by atoms with Crippen LogP contribution in [0.25, 0.3) is 0 Å². The number of carbonyl (C=O) groups excluding carboxylic acids is 2. The lowest BCUT2D eigenvalue weighted by molar-refractivity contribution is -0.120. The number of rotatable bonds is 9. The van der Waals surface area contributed by atoms with E-state index in [0.29, 0.717) is 18.7 Å². The number of ether oxygens (including phenoxy) is 1. The van der Waals surface area contributed by atoms with Gasteiger partial charge in [-0.2, -0.15) is 0 Å². The van der Waals surface area contributed by atoms with Crippen molar-refractivity contribution >= 4 is 11.8 Å². The fourth-order valence-corrected chi connectivity index (χ4v) is 1.63. The first-order chi connectivity index (χ1) is 10.2. The third-order valence-electron chi connectivity index (χ3n) is 2.86. The Kier molecular flexibility index (Phi) is 7.94. The molecule has 5 heteroatoms. The van der Waals surface area contributed by atoms with Crippen molar-refractivity contribution in [3.8, 4) is 5.75 Å². The molecular weight excluding hydrogens is 268 g/mol. The first-order valence-corrected chi connectivity index (χ1v) is 7.45. The van der Waals surface area contributed by atoms with Crippen LogP contribution in [-0.4, -0.2) is 31.5 Å². The zero-order valence-electron chi connectivity index (χ0n) is 12.8. The van der Waals surface area contributed by atoms with Gasteiger partial charge in [0.05, 0.1) is 13.2 Å². The normalized spacial score (nSPS) is 10.0. The molecule has 2 N–H and O–H groups in total. The van der Waals surface area contributed by atoms with Crippen LogP contribution in [0.5, 0.6) is 5.75 Å². The largest absolute Gasteiger partial charge is 0.494 e. The van der Waals surface area contributed by atoms with E-state index in [0.717, 1.165) is 25.0 Å². The topological polar surface area (TPSA) is 67.4 Å². The maximum absolute atomic E-state index is 11.9. The van der Waals surface area contributed by atoms with Crippen LogP contribution in [0, 0.1) is 0 Å². The fraction of sp³-hybridized carbons (Fsp3) is 0.500. The molecule has 116 valence electrons. The van der Waals surface area contributed by atoms with Crippen LogP contribution < -0.4 is 15.4 Å². The molecule has 0 heterocycles. The van der Waals surface area contributed by atoms with E-state index in [-0.39, 0.29) is 18.4 Å². The molecule has 1 rings (SSSR count). The molecule has 0 aliphatic rings. The number of carbonyl (C=O) groups is 2. The van der Waals surface area contributed by atoms with Gasteiger partial charge in [-0.25, -0.2) is 0 Å². The highest BCUT2D eigenvalue weighted by molar-refractivity contribution is 5.96. The van der Waals surface area contributed by atoms with Crippen LogP contribution >= 0.6 is 0 Å². The average Bonchev–Trinajstić information content (AvgIpc) is 2.51. The van der Waals surface area contributed by atoms with Crippen molar-refractivity contribution in [1.29, 1.82) is 0 Å². The number of hydrogen-bond donors (Lipinski definition) is 2. The van der Waals surface area contributed by atoms with Gasteiger partial charge in [0.15, 0.2) is 0 Å². The average molecular weight is 292 g/mol. The molecule has 0 aliphatic heterocycles. The minimum Gasteiger partial charge on any atom is -0.494 e. The Morgan fingerprint density at radius 1 is 1.05 bits per heavy atom. The van der Waals surface area contributed by atoms with Crippen molar-refractivity contribution in [2.75, 3.05) is 19.7 Å². The van der Waals surface area contributed by atoms with Gasteiger partial charge in [-0.3, -0.25) is 9.59 Å². The lowest BCUT2D eigenvalue weighted by Crippen LogP contribution is -2.37. The second-order valence-electron chi connectivity index (χ2n) is 4.76. The molecule has 0 saturated carbocycles. The summed E-state index contributed by atoms with van der Waals surface area (Å²) in [5, 5.41) is 5.29. The number of nitrogens with one attached hydrogen (secondary N) is 2. The second-order valence-corrected chi connectivity index (χ2v) is 4.76. The van der Waals surface area contributed by atoms with Gasteiger partial charge in [0.2, 0.25) is 5.91 Å². The van der Waals surface area contributed by atoms with Crippen LogP contribution in [0.3, 0.4) is 0 Å². The van der Waals surface area contributed by atoms with E-state index >= 15 is 0 Å². The van der Waals surface area contributed by atoms with Crippen molar-refractivity contribution in [2.24, 2.45) is 0 Å². The minimum absolute atomic E-state index is 0.00636. The Morgan fingerprint density at radius 2 is 1.76 bits per heavy atom. The fourth-order valence-electron chi connectivity index (χ4n) is 1.63. The molecule has 5 nitrogen and oxygen atoms in total. The van der Waals surface area contributed by atoms with Crippen molar-refractivity contribution < 1.29 is 14.3 Å². The molecule has 0 spiro atoms. The first-order valence-electron chi connectivity index (χ1n) is 7.45. The predicted octanol–water partition coefficient (Wildman–Crippen LogP) is 2.12. The molecule has 0 aromatic heterocycles. The maximum Gasteiger partial charge on any atom is 0.251 e. The summed E-state index contributed by atoms with van der Waals surface area (Å²) in [6.07, 6.45) is 2.97. The van der Waals surface area contributed by atoms with E-state index in [2.05, 4.69) is 17.6 Å². The van der Waals surface area contributed by atoms with Crippen molar-refractivity contribution in [3.63, 3.8) is 0 Å². The zero-order valence-corrected chi connectivity index (χ0v) is 12.8. The van der Waals surface area contributed by atoms with Gasteiger partial charge in [0, 0.05) is 12.1 Å². The van der Waals surface area contributed by atoms with Gasteiger partial charge in [-0.1, -0.05) is 20.3 Å². The molecule has 0 saturated heterocycles. The first kappa shape index (κ1) is 17.0. The highest BCUT2D eigenvalue weighted by Gasteiger charge is 2.07. The van der Waals surface area contributed by atoms with Crippen LogP contribution in [0.1, 0.15) is 43.5 Å². The Balaban J connectivity index is 2.38. The van der Waals surface area contributed by atoms with E-state index in [1.54, 1.807) is 24.3 Å². The molecule has 21 heavy (non-hydrogen) atoms. The molecule has 0 radical (unpaired) electrons. The van der Waals surface area contributed by atoms with Crippen LogP contribution in [-0.2, 0) is 4.79 Å². The summed E-state index contributed by atoms with van der Waals surface area (Å²) in [6.45, 7) is 5.38. The molecule has 0 unspecified atom stereocenters. The molecule has 1 aromatic rings. The van der Waals surface area contributed by atoms with Crippen molar-refractivity contribution in [2.45, 2.75) is 33.1 Å². The molecular formula is C16H24N2O3. The molecule has 2 amide bonds. The SMILES string of the molecule is CCCCOc1ccc(C(=O)NCC(=O)NCCC)cc1. The van der Waals surface area contributed by atoms with E-state index < -0.39 is 0 Å². The lowest BCUT2D eigenvalue weighted by Gasteiger charge is -2.08. The van der Waals surface area contributed by atoms with Crippen LogP contribution in [0.2, 0.25) is 0 Å². The molecule has 0 aliphatic carbocycles. The predicted molar refractivity (Wildman–Crippen MR) is 82.5 cm³/mol. The summed E-state index contributed by atoms with van der Waals surface area (Å²) in [5.74, 6) is 0.312. The van der Waals surface area contributed by atoms with Crippen molar-refractivity contribution in [1.82, 2.24) is 10.6 Å². The lowest BCUT2D eigenvalue weighted by atomic mass is 10.2. The van der Waals surface area contributed by atoms with E-state index in [9.17, 15) is 9.59 Å². The Labute approximate surface area is 126 Å². The van der Waals surface area contributed by atoms with Gasteiger partial charge in [-0.05, 0) is 37.1 Å². The third kappa shape index (κ3) is 6.79. The number of unbranched alkanes of at least 4 members (excludes halogenated alkanes) is 1. The summed E-state index contributed by atoms with van der Waals surface area (Å²) in [5.41, 5.74) is 0.515. The quantitative estimate of drug-likeness (QED) is 0.685. The van der Waals surface area contributed by atoms with Gasteiger partial charge >= 0.3 is 0 Å². The standard InChI is InChI=1S/C16H24N2O3/c1-3-5-11-21-14-8-6-13(7-9-14)16(20)18-12-15(19)17-10-4-2/h6-9H,3-5,10-12H2,1-2H3,(H,17,19)(H,18,20). The van der Waals surface area contributed by atoms with Crippen molar-refractivity contribution in [3.05, 3.63) is 29.8 Å². The molecule has 0 fully saturated rings. The molecule has 0 atom stereocenters. The molecule has 0 bridgehead atoms. The van der Waals surface area contributed by atoms with E-state index in [1.165, 1.54) is 0 Å². The number of hydrogen-bond acceptors (Lipinski definition) is 3. The summed E-state index contributed by atoms with van der Waals surface area (Å²) >= 11 is 0. The Bertz CT molecular complexity index is 443. The number of benzene rings is 1.